The minimum absolute atomic E-state index is 0.523. The van der Waals surface area contributed by atoms with Crippen molar-refractivity contribution in [1.29, 1.82) is 0 Å². The van der Waals surface area contributed by atoms with E-state index in [1.165, 1.54) is 37.7 Å². The molecule has 0 unspecified atom stereocenters. The fraction of sp³-hybridized carbons (Fsp3) is 0.385. The van der Waals surface area contributed by atoms with Gasteiger partial charge in [0.25, 0.3) is 0 Å². The smallest absolute Gasteiger partial charge is 0.159 e. The summed E-state index contributed by atoms with van der Waals surface area (Å²) in [5.74, 6) is 2.47. The van der Waals surface area contributed by atoms with Crippen LogP contribution in [0.5, 0.6) is 11.5 Å². The van der Waals surface area contributed by atoms with Gasteiger partial charge in [0.2, 0.25) is 0 Å². The molecule has 0 fully saturated rings. The van der Waals surface area contributed by atoms with Crippen LogP contribution in [0.15, 0.2) is 60.9 Å². The molecule has 4 nitrogen and oxygen atoms in total. The first kappa shape index (κ1) is 21.8. The number of aromatic nitrogens is 2. The monoisotopic (exact) mass is 404 g/mol. The number of ether oxygens (including phenoxy) is 2. The van der Waals surface area contributed by atoms with E-state index in [0.29, 0.717) is 13.2 Å². The lowest BCUT2D eigenvalue weighted by Gasteiger charge is -2.08. The maximum Gasteiger partial charge on any atom is 0.159 e. The number of hydrogen-bond donors (Lipinski definition) is 0. The lowest BCUT2D eigenvalue weighted by atomic mass is 10.1. The van der Waals surface area contributed by atoms with E-state index in [0.717, 1.165) is 34.9 Å². The molecule has 1 heterocycles. The normalized spacial score (nSPS) is 10.7. The third kappa shape index (κ3) is 6.87. The maximum atomic E-state index is 5.89. The fourth-order valence-corrected chi connectivity index (χ4v) is 3.28. The van der Waals surface area contributed by atoms with Crippen molar-refractivity contribution in [3.63, 3.8) is 0 Å². The molecule has 0 N–H and O–H groups in total. The third-order valence-electron chi connectivity index (χ3n) is 5.03. The highest BCUT2D eigenvalue weighted by Gasteiger charge is 2.04. The van der Waals surface area contributed by atoms with E-state index in [4.69, 9.17) is 9.47 Å². The average molecular weight is 405 g/mol. The van der Waals surface area contributed by atoms with E-state index in [1.54, 1.807) is 0 Å². The molecule has 0 bridgehead atoms. The van der Waals surface area contributed by atoms with Gasteiger partial charge in [-0.2, -0.15) is 0 Å². The Kier molecular flexibility index (Phi) is 8.70. The Hall–Kier alpha value is -2.88. The van der Waals surface area contributed by atoms with Crippen LogP contribution in [-0.2, 0) is 13.0 Å². The van der Waals surface area contributed by atoms with Gasteiger partial charge in [-0.3, -0.25) is 0 Å². The predicted molar refractivity (Wildman–Crippen MR) is 122 cm³/mol. The molecule has 0 aliphatic rings. The summed E-state index contributed by atoms with van der Waals surface area (Å²) >= 11 is 0. The summed E-state index contributed by atoms with van der Waals surface area (Å²) in [6.45, 7) is 5.42. The van der Waals surface area contributed by atoms with Crippen LogP contribution in [-0.4, -0.2) is 16.6 Å². The zero-order valence-electron chi connectivity index (χ0n) is 18.1. The van der Waals surface area contributed by atoms with Crippen molar-refractivity contribution in [2.45, 2.75) is 59.0 Å². The van der Waals surface area contributed by atoms with Gasteiger partial charge in [0.1, 0.15) is 18.1 Å². The number of aryl methyl sites for hydroxylation is 1. The van der Waals surface area contributed by atoms with Gasteiger partial charge in [-0.05, 0) is 67.3 Å². The highest BCUT2D eigenvalue weighted by molar-refractivity contribution is 5.55. The van der Waals surface area contributed by atoms with Gasteiger partial charge in [-0.25, -0.2) is 9.97 Å². The second-order valence-corrected chi connectivity index (χ2v) is 7.47. The Bertz CT molecular complexity index is 859. The Morgan fingerprint density at radius 2 is 1.30 bits per heavy atom. The molecule has 4 heteroatoms. The largest absolute Gasteiger partial charge is 0.494 e. The lowest BCUT2D eigenvalue weighted by Crippen LogP contribution is -1.97. The van der Waals surface area contributed by atoms with Gasteiger partial charge in [-0.15, -0.1) is 0 Å². The van der Waals surface area contributed by atoms with Crippen molar-refractivity contribution in [1.82, 2.24) is 9.97 Å². The molecule has 0 spiro atoms. The summed E-state index contributed by atoms with van der Waals surface area (Å²) in [4.78, 5) is 9.09. The first-order valence-electron chi connectivity index (χ1n) is 11.0. The van der Waals surface area contributed by atoms with Crippen LogP contribution < -0.4 is 9.47 Å². The van der Waals surface area contributed by atoms with Crippen molar-refractivity contribution in [3.8, 4) is 22.9 Å². The summed E-state index contributed by atoms with van der Waals surface area (Å²) in [6.07, 6.45) is 11.4. The van der Waals surface area contributed by atoms with Crippen molar-refractivity contribution < 1.29 is 9.47 Å². The van der Waals surface area contributed by atoms with Crippen LogP contribution >= 0.6 is 0 Å². The molecule has 0 aliphatic carbocycles. The van der Waals surface area contributed by atoms with Crippen molar-refractivity contribution in [3.05, 3.63) is 72.1 Å². The minimum Gasteiger partial charge on any atom is -0.494 e. The van der Waals surface area contributed by atoms with Crippen molar-refractivity contribution in [2.24, 2.45) is 0 Å². The molecule has 3 rings (SSSR count). The molecule has 30 heavy (non-hydrogen) atoms. The SMILES string of the molecule is CCCCCCCc1cnc(-c2ccc(OCc3ccc(OCC)cc3)cc2)nc1. The highest BCUT2D eigenvalue weighted by Crippen LogP contribution is 2.21. The van der Waals surface area contributed by atoms with Crippen molar-refractivity contribution >= 4 is 0 Å². The van der Waals surface area contributed by atoms with Gasteiger partial charge in [0.05, 0.1) is 6.61 Å². The molecule has 0 saturated heterocycles. The number of benzene rings is 2. The van der Waals surface area contributed by atoms with E-state index in [9.17, 15) is 0 Å². The Morgan fingerprint density at radius 3 is 1.97 bits per heavy atom. The molecule has 1 aromatic heterocycles. The predicted octanol–water partition coefficient (Wildman–Crippen LogP) is 6.63. The van der Waals surface area contributed by atoms with E-state index < -0.39 is 0 Å². The Morgan fingerprint density at radius 1 is 0.667 bits per heavy atom. The zero-order chi connectivity index (χ0) is 21.0. The number of unbranched alkanes of at least 4 members (excludes halogenated alkanes) is 4. The number of hydrogen-bond acceptors (Lipinski definition) is 4. The Balaban J connectivity index is 1.48. The van der Waals surface area contributed by atoms with Gasteiger partial charge in [0, 0.05) is 18.0 Å². The summed E-state index contributed by atoms with van der Waals surface area (Å²) in [5.41, 5.74) is 3.32. The van der Waals surface area contributed by atoms with Crippen LogP contribution in [0.1, 0.15) is 57.1 Å². The number of rotatable bonds is 12. The van der Waals surface area contributed by atoms with Crippen LogP contribution in [0.3, 0.4) is 0 Å². The van der Waals surface area contributed by atoms with Crippen LogP contribution in [0.4, 0.5) is 0 Å². The summed E-state index contributed by atoms with van der Waals surface area (Å²) in [5, 5.41) is 0. The van der Waals surface area contributed by atoms with E-state index >= 15 is 0 Å². The van der Waals surface area contributed by atoms with Gasteiger partial charge >= 0.3 is 0 Å². The summed E-state index contributed by atoms with van der Waals surface area (Å²) < 4.78 is 11.4. The Labute approximate surface area is 180 Å². The molecule has 3 aromatic rings. The zero-order valence-corrected chi connectivity index (χ0v) is 18.1. The van der Waals surface area contributed by atoms with Gasteiger partial charge in [0.15, 0.2) is 5.82 Å². The molecular formula is C26H32N2O2. The second-order valence-electron chi connectivity index (χ2n) is 7.47. The van der Waals surface area contributed by atoms with Crippen LogP contribution in [0, 0.1) is 0 Å². The van der Waals surface area contributed by atoms with Crippen LogP contribution in [0.25, 0.3) is 11.4 Å². The van der Waals surface area contributed by atoms with E-state index in [-0.39, 0.29) is 0 Å². The van der Waals surface area contributed by atoms with Gasteiger partial charge in [-0.1, -0.05) is 44.7 Å². The minimum atomic E-state index is 0.523. The molecule has 0 atom stereocenters. The standard InChI is InChI=1S/C26H32N2O2/c1-3-5-6-7-8-9-22-18-27-26(28-19-22)23-12-16-25(17-13-23)30-20-21-10-14-24(15-11-21)29-4-2/h10-19H,3-9,20H2,1-2H3. The summed E-state index contributed by atoms with van der Waals surface area (Å²) in [6, 6.07) is 15.9. The van der Waals surface area contributed by atoms with Crippen LogP contribution in [0.2, 0.25) is 0 Å². The molecular weight excluding hydrogens is 372 g/mol. The molecule has 158 valence electrons. The first-order chi connectivity index (χ1) is 14.8. The maximum absolute atomic E-state index is 5.89. The van der Waals surface area contributed by atoms with E-state index in [2.05, 4.69) is 16.9 Å². The topological polar surface area (TPSA) is 44.2 Å². The molecule has 0 saturated carbocycles. The summed E-state index contributed by atoms with van der Waals surface area (Å²) in [7, 11) is 0. The highest BCUT2D eigenvalue weighted by atomic mass is 16.5. The average Bonchev–Trinajstić information content (AvgIpc) is 2.79. The molecule has 2 aromatic carbocycles. The van der Waals surface area contributed by atoms with Crippen molar-refractivity contribution in [2.75, 3.05) is 6.61 Å². The molecule has 0 aliphatic heterocycles. The van der Waals surface area contributed by atoms with E-state index in [1.807, 2.05) is 67.8 Å². The molecule has 0 amide bonds. The quantitative estimate of drug-likeness (QED) is 0.318. The fourth-order valence-electron chi connectivity index (χ4n) is 3.28. The second kappa shape index (κ2) is 12.0. The number of nitrogens with zero attached hydrogens (tertiary/aromatic N) is 2. The van der Waals surface area contributed by atoms with Gasteiger partial charge < -0.3 is 9.47 Å². The lowest BCUT2D eigenvalue weighted by molar-refractivity contribution is 0.305. The molecule has 0 radical (unpaired) electrons. The third-order valence-corrected chi connectivity index (χ3v) is 5.03. The first-order valence-corrected chi connectivity index (χ1v) is 11.0.